The molecular weight excluding hydrogens is 428 g/mol. The molecule has 7 nitrogen and oxygen atoms in total. The fraction of sp³-hybridized carbons (Fsp3) is 0.438. The number of carbonyl (C=O) groups is 1. The first-order chi connectivity index (χ1) is 13.0. The maximum atomic E-state index is 12.3. The lowest BCUT2D eigenvalue weighted by Gasteiger charge is -2.08. The van der Waals surface area contributed by atoms with Gasteiger partial charge < -0.3 is 0 Å². The molecule has 2 aromatic rings. The molecule has 0 aliphatic heterocycles. The molecule has 1 aromatic heterocycles. The average molecular weight is 447 g/mol. The summed E-state index contributed by atoms with van der Waals surface area (Å²) in [5, 5.41) is 11.0. The maximum absolute atomic E-state index is 12.3. The molecule has 1 aromatic carbocycles. The Morgan fingerprint density at radius 2 is 2.00 bits per heavy atom. The van der Waals surface area contributed by atoms with Crippen molar-refractivity contribution in [3.8, 4) is 0 Å². The minimum absolute atomic E-state index is 0.0978. The van der Waals surface area contributed by atoms with Crippen LogP contribution in [-0.4, -0.2) is 42.1 Å². The van der Waals surface area contributed by atoms with Crippen LogP contribution in [0.5, 0.6) is 0 Å². The first kappa shape index (κ1) is 20.5. The smallest absolute Gasteiger partial charge is 0.269 e. The van der Waals surface area contributed by atoms with Crippen LogP contribution in [0, 0.1) is 0 Å². The summed E-state index contributed by atoms with van der Waals surface area (Å²) >= 11 is 8.58. The summed E-state index contributed by atoms with van der Waals surface area (Å²) in [5.41, 5.74) is 0.279. The van der Waals surface area contributed by atoms with Gasteiger partial charge in [-0.15, -0.1) is 10.2 Å². The van der Waals surface area contributed by atoms with Gasteiger partial charge in [0.15, 0.2) is 0 Å². The molecule has 146 valence electrons. The first-order valence-electron chi connectivity index (χ1n) is 8.46. The predicted octanol–water partition coefficient (Wildman–Crippen LogP) is 3.40. The Morgan fingerprint density at radius 3 is 2.74 bits per heavy atom. The van der Waals surface area contributed by atoms with E-state index in [-0.39, 0.29) is 15.0 Å². The molecule has 2 N–H and O–H groups in total. The van der Waals surface area contributed by atoms with Crippen LogP contribution in [0.15, 0.2) is 28.6 Å². The molecule has 1 aliphatic carbocycles. The summed E-state index contributed by atoms with van der Waals surface area (Å²) in [5.74, 6) is 0.250. The van der Waals surface area contributed by atoms with Crippen molar-refractivity contribution in [1.29, 1.82) is 0 Å². The molecule has 3 rings (SSSR count). The molecule has 1 aliphatic rings. The lowest BCUT2D eigenvalue weighted by atomic mass is 10.2. The van der Waals surface area contributed by atoms with Gasteiger partial charge >= 0.3 is 0 Å². The van der Waals surface area contributed by atoms with Crippen molar-refractivity contribution in [3.05, 3.63) is 34.9 Å². The zero-order valence-corrected chi connectivity index (χ0v) is 17.6. The average Bonchev–Trinajstić information content (AvgIpc) is 3.31. The van der Waals surface area contributed by atoms with Crippen molar-refractivity contribution < 1.29 is 13.2 Å². The fourth-order valence-corrected chi connectivity index (χ4v) is 6.24. The van der Waals surface area contributed by atoms with E-state index in [1.54, 1.807) is 36.0 Å². The van der Waals surface area contributed by atoms with E-state index in [4.69, 9.17) is 11.6 Å². The number of carbonyl (C=O) groups excluding carboxylic acids is 1. The number of nitrogens with zero attached hydrogens (tertiary/aromatic N) is 2. The first-order valence-corrected chi connectivity index (χ1v) is 12.2. The lowest BCUT2D eigenvalue weighted by molar-refractivity contribution is 0.102. The molecule has 27 heavy (non-hydrogen) atoms. The van der Waals surface area contributed by atoms with Crippen molar-refractivity contribution in [3.63, 3.8) is 0 Å². The summed E-state index contributed by atoms with van der Waals surface area (Å²) in [4.78, 5) is 12.2. The molecule has 0 spiro atoms. The largest absolute Gasteiger partial charge is 0.296 e. The second-order valence-electron chi connectivity index (χ2n) is 5.98. The normalized spacial score (nSPS) is 15.1. The highest BCUT2D eigenvalue weighted by molar-refractivity contribution is 8.00. The minimum Gasteiger partial charge on any atom is -0.296 e. The molecule has 0 radical (unpaired) electrons. The molecule has 0 bridgehead atoms. The van der Waals surface area contributed by atoms with E-state index in [2.05, 4.69) is 20.2 Å². The van der Waals surface area contributed by atoms with Gasteiger partial charge in [-0.25, -0.2) is 13.1 Å². The minimum atomic E-state index is -3.74. The van der Waals surface area contributed by atoms with Crippen LogP contribution < -0.4 is 10.0 Å². The number of benzene rings is 1. The van der Waals surface area contributed by atoms with Gasteiger partial charge in [0.05, 0.1) is 10.6 Å². The third-order valence-corrected chi connectivity index (χ3v) is 8.40. The zero-order valence-electron chi connectivity index (χ0n) is 14.4. The van der Waals surface area contributed by atoms with Gasteiger partial charge in [-0.2, -0.15) is 11.8 Å². The molecular formula is C16H19ClN4O3S3. The zero-order chi connectivity index (χ0) is 19.3. The van der Waals surface area contributed by atoms with E-state index in [9.17, 15) is 13.2 Å². The number of aromatic nitrogens is 2. The van der Waals surface area contributed by atoms with E-state index in [1.807, 2.05) is 0 Å². The number of hydrogen-bond donors (Lipinski definition) is 2. The Kier molecular flexibility index (Phi) is 7.10. The van der Waals surface area contributed by atoms with E-state index in [0.717, 1.165) is 17.1 Å². The monoisotopic (exact) mass is 446 g/mol. The number of rotatable bonds is 8. The van der Waals surface area contributed by atoms with Crippen molar-refractivity contribution in [2.75, 3.05) is 17.6 Å². The molecule has 0 saturated heterocycles. The maximum Gasteiger partial charge on any atom is 0.269 e. The van der Waals surface area contributed by atoms with Gasteiger partial charge in [0.25, 0.3) is 15.9 Å². The van der Waals surface area contributed by atoms with Gasteiger partial charge in [0.2, 0.25) is 9.47 Å². The highest BCUT2D eigenvalue weighted by atomic mass is 35.5. The molecule has 1 saturated carbocycles. The van der Waals surface area contributed by atoms with Crippen LogP contribution in [0.2, 0.25) is 5.02 Å². The van der Waals surface area contributed by atoms with Gasteiger partial charge in [0.1, 0.15) is 0 Å². The fourth-order valence-electron chi connectivity index (χ4n) is 2.70. The summed E-state index contributed by atoms with van der Waals surface area (Å²) in [7, 11) is -3.74. The van der Waals surface area contributed by atoms with Gasteiger partial charge in [-0.05, 0) is 25.0 Å². The van der Waals surface area contributed by atoms with Crippen LogP contribution in [0.25, 0.3) is 0 Å². The molecule has 1 amide bonds. The van der Waals surface area contributed by atoms with E-state index in [0.29, 0.717) is 16.8 Å². The molecule has 1 fully saturated rings. The molecule has 1 heterocycles. The van der Waals surface area contributed by atoms with Crippen LogP contribution >= 0.6 is 34.7 Å². The Labute approximate surface area is 171 Å². The lowest BCUT2D eigenvalue weighted by Crippen LogP contribution is -2.26. The van der Waals surface area contributed by atoms with Crippen molar-refractivity contribution >= 4 is 55.8 Å². The third-order valence-electron chi connectivity index (χ3n) is 4.03. The standard InChI is InChI=1S/C16H19ClN4O3S3/c17-13-8-4-3-7-12(13)14(22)19-15-20-21-16(26-15)27(23,24)18-9-10-25-11-5-1-2-6-11/h3-4,7-8,11,18H,1-2,5-6,9-10H2,(H,19,20,22). The van der Waals surface area contributed by atoms with Crippen LogP contribution in [-0.2, 0) is 10.0 Å². The number of sulfonamides is 1. The van der Waals surface area contributed by atoms with Crippen LogP contribution in [0.4, 0.5) is 5.13 Å². The summed E-state index contributed by atoms with van der Waals surface area (Å²) in [6, 6.07) is 6.57. The number of anilines is 1. The van der Waals surface area contributed by atoms with Gasteiger partial charge in [-0.1, -0.05) is 47.9 Å². The Hall–Kier alpha value is -1.20. The highest BCUT2D eigenvalue weighted by Crippen LogP contribution is 2.29. The SMILES string of the molecule is O=C(Nc1nnc(S(=O)(=O)NCCSC2CCCC2)s1)c1ccccc1Cl. The summed E-state index contributed by atoms with van der Waals surface area (Å²) < 4.78 is 27.0. The number of amides is 1. The van der Waals surface area contributed by atoms with Crippen molar-refractivity contribution in [2.24, 2.45) is 0 Å². The number of nitrogens with one attached hydrogen (secondary N) is 2. The van der Waals surface area contributed by atoms with E-state index >= 15 is 0 Å². The number of hydrogen-bond acceptors (Lipinski definition) is 7. The summed E-state index contributed by atoms with van der Waals surface area (Å²) in [6.45, 7) is 0.338. The second-order valence-corrected chi connectivity index (χ2v) is 10.7. The topological polar surface area (TPSA) is 101 Å². The molecule has 0 atom stereocenters. The van der Waals surface area contributed by atoms with Gasteiger partial charge in [-0.3, -0.25) is 10.1 Å². The van der Waals surface area contributed by atoms with Crippen molar-refractivity contribution in [2.45, 2.75) is 35.3 Å². The van der Waals surface area contributed by atoms with Crippen LogP contribution in [0.3, 0.4) is 0 Å². The highest BCUT2D eigenvalue weighted by Gasteiger charge is 2.22. The quantitative estimate of drug-likeness (QED) is 0.476. The van der Waals surface area contributed by atoms with E-state index < -0.39 is 15.9 Å². The summed E-state index contributed by atoms with van der Waals surface area (Å²) in [6.07, 6.45) is 4.94. The van der Waals surface area contributed by atoms with Crippen molar-refractivity contribution in [1.82, 2.24) is 14.9 Å². The number of halogens is 1. The third kappa shape index (κ3) is 5.64. The van der Waals surface area contributed by atoms with Crippen LogP contribution in [0.1, 0.15) is 36.0 Å². The Morgan fingerprint density at radius 1 is 1.26 bits per heavy atom. The number of thioether (sulfide) groups is 1. The Balaban J connectivity index is 1.54. The Bertz CT molecular complexity index is 898. The molecule has 11 heteroatoms. The van der Waals surface area contributed by atoms with E-state index in [1.165, 1.54) is 25.7 Å². The van der Waals surface area contributed by atoms with Gasteiger partial charge in [0, 0.05) is 17.5 Å². The molecule has 0 unspecified atom stereocenters. The predicted molar refractivity (Wildman–Crippen MR) is 109 cm³/mol. The second kappa shape index (κ2) is 9.33.